The van der Waals surface area contributed by atoms with Gasteiger partial charge in [-0.3, -0.25) is 10.1 Å². The minimum atomic E-state index is -0.176. The Kier molecular flexibility index (Phi) is 5.87. The zero-order valence-corrected chi connectivity index (χ0v) is 16.9. The Labute approximate surface area is 164 Å². The highest BCUT2D eigenvalue weighted by molar-refractivity contribution is 7.14. The second-order valence-electron chi connectivity index (χ2n) is 7.00. The van der Waals surface area contributed by atoms with Crippen molar-refractivity contribution >= 4 is 28.5 Å². The molecule has 4 heteroatoms. The lowest BCUT2D eigenvalue weighted by Gasteiger charge is -2.04. The fourth-order valence-corrected chi connectivity index (χ4v) is 3.58. The summed E-state index contributed by atoms with van der Waals surface area (Å²) in [4.78, 5) is 16.7. The van der Waals surface area contributed by atoms with Crippen LogP contribution in [0.15, 0.2) is 53.9 Å². The molecule has 0 aliphatic heterocycles. The van der Waals surface area contributed by atoms with Crippen molar-refractivity contribution in [3.05, 3.63) is 76.2 Å². The Morgan fingerprint density at radius 1 is 1.11 bits per heavy atom. The van der Waals surface area contributed by atoms with Gasteiger partial charge in [-0.25, -0.2) is 4.98 Å². The zero-order chi connectivity index (χ0) is 19.4. The van der Waals surface area contributed by atoms with Crippen molar-refractivity contribution < 1.29 is 4.79 Å². The molecule has 0 unspecified atom stereocenters. The van der Waals surface area contributed by atoms with E-state index in [-0.39, 0.29) is 5.91 Å². The highest BCUT2D eigenvalue weighted by atomic mass is 32.1. The van der Waals surface area contributed by atoms with Crippen LogP contribution in [0.4, 0.5) is 5.13 Å². The smallest absolute Gasteiger partial charge is 0.250 e. The highest BCUT2D eigenvalue weighted by Crippen LogP contribution is 2.28. The zero-order valence-electron chi connectivity index (χ0n) is 16.1. The van der Waals surface area contributed by atoms with E-state index in [0.29, 0.717) is 11.0 Å². The molecule has 3 nitrogen and oxygen atoms in total. The molecule has 0 radical (unpaired) electrons. The van der Waals surface area contributed by atoms with E-state index in [1.54, 1.807) is 6.08 Å². The van der Waals surface area contributed by atoms with Crippen LogP contribution in [0.5, 0.6) is 0 Å². The first-order valence-corrected chi connectivity index (χ1v) is 9.92. The van der Waals surface area contributed by atoms with Gasteiger partial charge < -0.3 is 0 Å². The van der Waals surface area contributed by atoms with Crippen LogP contribution in [-0.2, 0) is 4.79 Å². The predicted octanol–water partition coefficient (Wildman–Crippen LogP) is 6.20. The molecule has 0 spiro atoms. The molecular weight excluding hydrogens is 352 g/mol. The van der Waals surface area contributed by atoms with E-state index in [4.69, 9.17) is 0 Å². The summed E-state index contributed by atoms with van der Waals surface area (Å²) in [6.45, 7) is 8.48. The van der Waals surface area contributed by atoms with Crippen molar-refractivity contribution in [1.29, 1.82) is 0 Å². The molecule has 1 amide bonds. The fraction of sp³-hybridized carbons (Fsp3) is 0.217. The second-order valence-corrected chi connectivity index (χ2v) is 7.86. The van der Waals surface area contributed by atoms with Crippen molar-refractivity contribution in [2.45, 2.75) is 33.6 Å². The summed E-state index contributed by atoms with van der Waals surface area (Å²) in [5, 5.41) is 5.42. The van der Waals surface area contributed by atoms with E-state index in [2.05, 4.69) is 68.3 Å². The summed E-state index contributed by atoms with van der Waals surface area (Å²) in [5.41, 5.74) is 6.69. The van der Waals surface area contributed by atoms with Gasteiger partial charge >= 0.3 is 0 Å². The summed E-state index contributed by atoms with van der Waals surface area (Å²) < 4.78 is 0. The Morgan fingerprint density at radius 3 is 2.52 bits per heavy atom. The predicted molar refractivity (Wildman–Crippen MR) is 115 cm³/mol. The van der Waals surface area contributed by atoms with Crippen molar-refractivity contribution in [3.8, 4) is 11.3 Å². The lowest BCUT2D eigenvalue weighted by Crippen LogP contribution is -2.07. The summed E-state index contributed by atoms with van der Waals surface area (Å²) in [6, 6.07) is 14.5. The lowest BCUT2D eigenvalue weighted by molar-refractivity contribution is -0.111. The lowest BCUT2D eigenvalue weighted by atomic mass is 10.0. The van der Waals surface area contributed by atoms with Crippen molar-refractivity contribution in [2.75, 3.05) is 5.32 Å². The molecule has 1 aromatic heterocycles. The number of carbonyl (C=O) groups excluding carboxylic acids is 1. The minimum Gasteiger partial charge on any atom is -0.298 e. The number of aryl methyl sites for hydroxylation is 2. The largest absolute Gasteiger partial charge is 0.298 e. The quantitative estimate of drug-likeness (QED) is 0.538. The van der Waals surface area contributed by atoms with E-state index < -0.39 is 0 Å². The van der Waals surface area contributed by atoms with Gasteiger partial charge in [0.15, 0.2) is 5.13 Å². The molecule has 27 heavy (non-hydrogen) atoms. The van der Waals surface area contributed by atoms with Crippen molar-refractivity contribution in [1.82, 2.24) is 4.98 Å². The third kappa shape index (κ3) is 4.92. The van der Waals surface area contributed by atoms with Crippen LogP contribution in [0.2, 0.25) is 0 Å². The van der Waals surface area contributed by atoms with Gasteiger partial charge in [-0.2, -0.15) is 0 Å². The van der Waals surface area contributed by atoms with Gasteiger partial charge in [-0.15, -0.1) is 11.3 Å². The van der Waals surface area contributed by atoms with Crippen molar-refractivity contribution in [3.63, 3.8) is 0 Å². The molecule has 0 aliphatic rings. The first-order valence-electron chi connectivity index (χ1n) is 9.04. The molecule has 1 heterocycles. The number of benzene rings is 2. The number of hydrogen-bond acceptors (Lipinski definition) is 3. The van der Waals surface area contributed by atoms with Gasteiger partial charge in [0.1, 0.15) is 0 Å². The molecule has 0 saturated heterocycles. The number of amides is 1. The Bertz CT molecular complexity index is 968. The number of nitrogens with zero attached hydrogens (tertiary/aromatic N) is 1. The number of thiazole rings is 1. The Morgan fingerprint density at radius 2 is 1.85 bits per heavy atom. The van der Waals surface area contributed by atoms with E-state index in [1.807, 2.05) is 23.6 Å². The van der Waals surface area contributed by atoms with Gasteiger partial charge in [-0.05, 0) is 42.5 Å². The first kappa shape index (κ1) is 19.1. The average Bonchev–Trinajstić information content (AvgIpc) is 3.08. The number of aromatic nitrogens is 1. The molecule has 3 rings (SSSR count). The molecule has 0 saturated carbocycles. The summed E-state index contributed by atoms with van der Waals surface area (Å²) in [7, 11) is 0. The maximum absolute atomic E-state index is 12.2. The molecule has 0 aliphatic carbocycles. The van der Waals surface area contributed by atoms with Crippen molar-refractivity contribution in [2.24, 2.45) is 0 Å². The maximum Gasteiger partial charge on any atom is 0.250 e. The molecule has 0 fully saturated rings. The minimum absolute atomic E-state index is 0.176. The standard InChI is InChI=1S/C23H24N2OS/c1-15(2)19-9-6-18(7-10-19)8-12-22(26)25-23-24-21(14-27-23)20-11-5-16(3)13-17(20)4/h5-15H,1-4H3,(H,24,25,26)/b12-8+. The van der Waals surface area contributed by atoms with Gasteiger partial charge in [-0.1, -0.05) is 61.9 Å². The number of hydrogen-bond donors (Lipinski definition) is 1. The maximum atomic E-state index is 12.2. The molecule has 0 bridgehead atoms. The van der Waals surface area contributed by atoms with E-state index >= 15 is 0 Å². The summed E-state index contributed by atoms with van der Waals surface area (Å²) in [5.74, 6) is 0.326. The van der Waals surface area contributed by atoms with Crippen LogP contribution in [0.25, 0.3) is 17.3 Å². The fourth-order valence-electron chi connectivity index (χ4n) is 2.87. The van der Waals surface area contributed by atoms with Crippen LogP contribution < -0.4 is 5.32 Å². The van der Waals surface area contributed by atoms with Crippen LogP contribution in [-0.4, -0.2) is 10.9 Å². The third-order valence-electron chi connectivity index (χ3n) is 4.42. The monoisotopic (exact) mass is 376 g/mol. The van der Waals surface area contributed by atoms with Crippen LogP contribution >= 0.6 is 11.3 Å². The summed E-state index contributed by atoms with van der Waals surface area (Å²) in [6.07, 6.45) is 3.36. The number of carbonyl (C=O) groups is 1. The third-order valence-corrected chi connectivity index (χ3v) is 5.18. The molecule has 3 aromatic rings. The van der Waals surface area contributed by atoms with E-state index in [0.717, 1.165) is 16.8 Å². The van der Waals surface area contributed by atoms with Crippen LogP contribution in [0.1, 0.15) is 42.0 Å². The van der Waals surface area contributed by atoms with Crippen LogP contribution in [0, 0.1) is 13.8 Å². The van der Waals surface area contributed by atoms with E-state index in [1.165, 1.54) is 28.0 Å². The van der Waals surface area contributed by atoms with Crippen LogP contribution in [0.3, 0.4) is 0 Å². The van der Waals surface area contributed by atoms with Gasteiger partial charge in [0.25, 0.3) is 0 Å². The van der Waals surface area contributed by atoms with Gasteiger partial charge in [0.2, 0.25) is 5.91 Å². The number of nitrogens with one attached hydrogen (secondary N) is 1. The Balaban J connectivity index is 1.65. The van der Waals surface area contributed by atoms with Gasteiger partial charge in [0.05, 0.1) is 5.69 Å². The Hall–Kier alpha value is -2.72. The molecule has 2 aromatic carbocycles. The second kappa shape index (κ2) is 8.31. The number of anilines is 1. The SMILES string of the molecule is Cc1ccc(-c2csc(NC(=O)/C=C/c3ccc(C(C)C)cc3)n2)c(C)c1. The van der Waals surface area contributed by atoms with Gasteiger partial charge in [0, 0.05) is 17.0 Å². The molecule has 138 valence electrons. The molecule has 1 N–H and O–H groups in total. The molecular formula is C23H24N2OS. The normalized spacial score (nSPS) is 11.3. The first-order chi connectivity index (χ1) is 12.9. The highest BCUT2D eigenvalue weighted by Gasteiger charge is 2.08. The van der Waals surface area contributed by atoms with E-state index in [9.17, 15) is 4.79 Å². The summed E-state index contributed by atoms with van der Waals surface area (Å²) >= 11 is 1.44. The topological polar surface area (TPSA) is 42.0 Å². The molecule has 0 atom stereocenters. The number of rotatable bonds is 5. The average molecular weight is 377 g/mol.